The summed E-state index contributed by atoms with van der Waals surface area (Å²) in [7, 11) is 0. The first-order valence-corrected chi connectivity index (χ1v) is 7.81. The van der Waals surface area contributed by atoms with Crippen LogP contribution in [0.2, 0.25) is 0 Å². The van der Waals surface area contributed by atoms with E-state index in [-0.39, 0.29) is 11.3 Å². The Kier molecular flexibility index (Phi) is 3.79. The molecule has 3 nitrogen and oxygen atoms in total. The van der Waals surface area contributed by atoms with Gasteiger partial charge in [-0.2, -0.15) is 0 Å². The molecule has 0 spiro atoms. The molecule has 1 aromatic carbocycles. The lowest BCUT2D eigenvalue weighted by atomic mass is 9.75. The van der Waals surface area contributed by atoms with Crippen LogP contribution in [0.4, 0.5) is 5.69 Å². The molecule has 1 heterocycles. The number of rotatable bonds is 2. The molecule has 0 bridgehead atoms. The number of benzene rings is 1. The van der Waals surface area contributed by atoms with Crippen molar-refractivity contribution in [2.45, 2.75) is 52.0 Å². The molecule has 1 fully saturated rings. The molecular weight excluding hydrogens is 248 g/mol. The Hall–Kier alpha value is -1.35. The van der Waals surface area contributed by atoms with Crippen molar-refractivity contribution in [2.75, 3.05) is 11.9 Å². The van der Waals surface area contributed by atoms with Crippen LogP contribution in [-0.4, -0.2) is 12.5 Å². The van der Waals surface area contributed by atoms with Gasteiger partial charge in [0.15, 0.2) is 0 Å². The molecule has 108 valence electrons. The molecule has 1 aromatic rings. The zero-order valence-electron chi connectivity index (χ0n) is 12.3. The van der Waals surface area contributed by atoms with Gasteiger partial charge in [-0.3, -0.25) is 4.79 Å². The summed E-state index contributed by atoms with van der Waals surface area (Å²) in [5.74, 6) is 0.195. The number of fused-ring (bicyclic) bond motifs is 1. The topological polar surface area (TPSA) is 41.1 Å². The van der Waals surface area contributed by atoms with Crippen molar-refractivity contribution >= 4 is 11.6 Å². The Morgan fingerprint density at radius 3 is 2.80 bits per heavy atom. The van der Waals surface area contributed by atoms with Crippen molar-refractivity contribution in [1.82, 2.24) is 5.32 Å². The van der Waals surface area contributed by atoms with Gasteiger partial charge in [0.25, 0.3) is 0 Å². The van der Waals surface area contributed by atoms with Crippen LogP contribution in [0.5, 0.6) is 0 Å². The van der Waals surface area contributed by atoms with E-state index in [2.05, 4.69) is 29.7 Å². The highest BCUT2D eigenvalue weighted by Gasteiger charge is 2.34. The minimum Gasteiger partial charge on any atom is -0.326 e. The third kappa shape index (κ3) is 2.73. The molecule has 1 amide bonds. The van der Waals surface area contributed by atoms with Gasteiger partial charge in [-0.15, -0.1) is 0 Å². The largest absolute Gasteiger partial charge is 0.326 e. The Morgan fingerprint density at radius 2 is 2.00 bits per heavy atom. The predicted molar refractivity (Wildman–Crippen MR) is 81.7 cm³/mol. The molecule has 2 N–H and O–H groups in total. The highest BCUT2D eigenvalue weighted by molar-refractivity contribution is 5.95. The SMILES string of the molecule is CC1(C(=O)Nc2ccc3c(c2)CNCC3)CCCCC1. The molecule has 2 aliphatic rings. The number of nitrogens with one attached hydrogen (secondary N) is 2. The zero-order valence-corrected chi connectivity index (χ0v) is 12.3. The third-order valence-electron chi connectivity index (χ3n) is 4.86. The highest BCUT2D eigenvalue weighted by atomic mass is 16.2. The van der Waals surface area contributed by atoms with Gasteiger partial charge in [0, 0.05) is 17.6 Å². The van der Waals surface area contributed by atoms with Crippen LogP contribution in [-0.2, 0) is 17.8 Å². The van der Waals surface area contributed by atoms with Gasteiger partial charge in [0.2, 0.25) is 5.91 Å². The van der Waals surface area contributed by atoms with Crippen LogP contribution in [0.15, 0.2) is 18.2 Å². The van der Waals surface area contributed by atoms with Gasteiger partial charge in [-0.1, -0.05) is 32.3 Å². The summed E-state index contributed by atoms with van der Waals surface area (Å²) < 4.78 is 0. The van der Waals surface area contributed by atoms with Crippen molar-refractivity contribution in [3.05, 3.63) is 29.3 Å². The maximum absolute atomic E-state index is 12.5. The van der Waals surface area contributed by atoms with Crippen LogP contribution < -0.4 is 10.6 Å². The number of hydrogen-bond donors (Lipinski definition) is 2. The molecule has 3 heteroatoms. The number of anilines is 1. The molecular formula is C17H24N2O. The first-order chi connectivity index (χ1) is 9.67. The number of carbonyl (C=O) groups excluding carboxylic acids is 1. The summed E-state index contributed by atoms with van der Waals surface area (Å²) in [5.41, 5.74) is 3.50. The fourth-order valence-corrected chi connectivity index (χ4v) is 3.40. The van der Waals surface area contributed by atoms with Gasteiger partial charge in [-0.25, -0.2) is 0 Å². The third-order valence-corrected chi connectivity index (χ3v) is 4.86. The predicted octanol–water partition coefficient (Wildman–Crippen LogP) is 3.24. The summed E-state index contributed by atoms with van der Waals surface area (Å²) in [5, 5.41) is 6.52. The Morgan fingerprint density at radius 1 is 1.20 bits per heavy atom. The first-order valence-electron chi connectivity index (χ1n) is 7.81. The van der Waals surface area contributed by atoms with Crippen molar-refractivity contribution < 1.29 is 4.79 Å². The summed E-state index contributed by atoms with van der Waals surface area (Å²) in [6.07, 6.45) is 6.75. The molecule has 1 aliphatic carbocycles. The van der Waals surface area contributed by atoms with Crippen LogP contribution in [0.1, 0.15) is 50.2 Å². The van der Waals surface area contributed by atoms with Gasteiger partial charge in [-0.05, 0) is 49.1 Å². The van der Waals surface area contributed by atoms with E-state index in [1.54, 1.807) is 0 Å². The summed E-state index contributed by atoms with van der Waals surface area (Å²) in [6.45, 7) is 4.08. The quantitative estimate of drug-likeness (QED) is 0.867. The average molecular weight is 272 g/mol. The van der Waals surface area contributed by atoms with E-state index in [0.717, 1.165) is 38.0 Å². The van der Waals surface area contributed by atoms with Crippen molar-refractivity contribution in [3.63, 3.8) is 0 Å². The molecule has 20 heavy (non-hydrogen) atoms. The lowest BCUT2D eigenvalue weighted by Gasteiger charge is -2.32. The van der Waals surface area contributed by atoms with Crippen LogP contribution in [0.3, 0.4) is 0 Å². The van der Waals surface area contributed by atoms with E-state index < -0.39 is 0 Å². The lowest BCUT2D eigenvalue weighted by Crippen LogP contribution is -2.35. The van der Waals surface area contributed by atoms with E-state index in [4.69, 9.17) is 0 Å². The number of carbonyl (C=O) groups is 1. The highest BCUT2D eigenvalue weighted by Crippen LogP contribution is 2.36. The number of hydrogen-bond acceptors (Lipinski definition) is 2. The van der Waals surface area contributed by atoms with Gasteiger partial charge >= 0.3 is 0 Å². The Labute approximate surface area is 121 Å². The van der Waals surface area contributed by atoms with E-state index in [0.29, 0.717) is 0 Å². The molecule has 1 aliphatic heterocycles. The van der Waals surface area contributed by atoms with Gasteiger partial charge in [0.05, 0.1) is 0 Å². The fraction of sp³-hybridized carbons (Fsp3) is 0.588. The zero-order chi connectivity index (χ0) is 14.0. The second-order valence-electron chi connectivity index (χ2n) is 6.49. The van der Waals surface area contributed by atoms with Crippen LogP contribution in [0, 0.1) is 5.41 Å². The minimum atomic E-state index is -0.174. The fourth-order valence-electron chi connectivity index (χ4n) is 3.40. The number of amides is 1. The molecule has 1 saturated carbocycles. The van der Waals surface area contributed by atoms with Gasteiger partial charge in [0.1, 0.15) is 0 Å². The molecule has 0 atom stereocenters. The Balaban J connectivity index is 1.72. The maximum Gasteiger partial charge on any atom is 0.230 e. The van der Waals surface area contributed by atoms with Gasteiger partial charge < -0.3 is 10.6 Å². The lowest BCUT2D eigenvalue weighted by molar-refractivity contribution is -0.126. The van der Waals surface area contributed by atoms with Crippen molar-refractivity contribution in [2.24, 2.45) is 5.41 Å². The molecule has 0 unspecified atom stereocenters. The Bertz CT molecular complexity index is 504. The van der Waals surface area contributed by atoms with Crippen LogP contribution in [0.25, 0.3) is 0 Å². The van der Waals surface area contributed by atoms with Crippen molar-refractivity contribution in [1.29, 1.82) is 0 Å². The van der Waals surface area contributed by atoms with E-state index in [1.807, 2.05) is 6.07 Å². The van der Waals surface area contributed by atoms with E-state index in [9.17, 15) is 4.79 Å². The standard InChI is InChI=1S/C17H24N2O/c1-17(8-3-2-4-9-17)16(20)19-15-6-5-13-7-10-18-12-14(13)11-15/h5-6,11,18H,2-4,7-10,12H2,1H3,(H,19,20). The van der Waals surface area contributed by atoms with Crippen LogP contribution >= 0.6 is 0 Å². The molecule has 3 rings (SSSR count). The monoisotopic (exact) mass is 272 g/mol. The smallest absolute Gasteiger partial charge is 0.230 e. The molecule has 0 saturated heterocycles. The average Bonchev–Trinajstić information content (AvgIpc) is 2.48. The second-order valence-corrected chi connectivity index (χ2v) is 6.49. The van der Waals surface area contributed by atoms with E-state index >= 15 is 0 Å². The van der Waals surface area contributed by atoms with E-state index in [1.165, 1.54) is 30.4 Å². The minimum absolute atomic E-state index is 0.174. The maximum atomic E-state index is 12.5. The summed E-state index contributed by atoms with van der Waals surface area (Å²) in [6, 6.07) is 6.34. The molecule has 0 radical (unpaired) electrons. The summed E-state index contributed by atoms with van der Waals surface area (Å²) in [4.78, 5) is 12.5. The second kappa shape index (κ2) is 5.57. The summed E-state index contributed by atoms with van der Waals surface area (Å²) >= 11 is 0. The van der Waals surface area contributed by atoms with Crippen molar-refractivity contribution in [3.8, 4) is 0 Å². The normalized spacial score (nSPS) is 21.1. The first kappa shape index (κ1) is 13.6. The molecule has 0 aromatic heterocycles.